The van der Waals surface area contributed by atoms with E-state index >= 15 is 0 Å². The van der Waals surface area contributed by atoms with Gasteiger partial charge in [0.25, 0.3) is 0 Å². The van der Waals surface area contributed by atoms with Gasteiger partial charge in [0.2, 0.25) is 0 Å². The third kappa shape index (κ3) is 1.27. The summed E-state index contributed by atoms with van der Waals surface area (Å²) in [4.78, 5) is 0. The molecule has 0 aromatic heterocycles. The highest BCUT2D eigenvalue weighted by molar-refractivity contribution is 5.09. The van der Waals surface area contributed by atoms with E-state index in [9.17, 15) is 0 Å². The molecule has 0 radical (unpaired) electrons. The molecule has 20 heavy (non-hydrogen) atoms. The molecule has 0 aromatic carbocycles. The van der Waals surface area contributed by atoms with Gasteiger partial charge in [-0.05, 0) is 123 Å². The number of hydrogen-bond acceptors (Lipinski definition) is 0. The molecule has 6 aliphatic rings. The maximum absolute atomic E-state index is 1.68. The van der Waals surface area contributed by atoms with Crippen LogP contribution in [0.3, 0.4) is 0 Å². The summed E-state index contributed by atoms with van der Waals surface area (Å²) in [6.07, 6.45) is 16.3. The van der Waals surface area contributed by atoms with E-state index in [1.807, 2.05) is 0 Å². The molecule has 0 spiro atoms. The summed E-state index contributed by atoms with van der Waals surface area (Å²) in [6, 6.07) is 0. The minimum absolute atomic E-state index is 1.19. The van der Waals surface area contributed by atoms with Crippen molar-refractivity contribution in [2.24, 2.45) is 59.2 Å². The Morgan fingerprint density at radius 2 is 0.750 bits per heavy atom. The Balaban J connectivity index is 1.31. The maximum atomic E-state index is 1.68. The molecule has 6 rings (SSSR count). The Labute approximate surface area is 124 Å². The third-order valence-corrected chi connectivity index (χ3v) is 9.52. The van der Waals surface area contributed by atoms with Crippen molar-refractivity contribution in [1.82, 2.24) is 0 Å². The molecule has 6 fully saturated rings. The maximum Gasteiger partial charge on any atom is -0.0326 e. The molecular formula is C20H30. The fourth-order valence-electron chi connectivity index (χ4n) is 9.25. The van der Waals surface area contributed by atoms with Gasteiger partial charge in [0, 0.05) is 0 Å². The fraction of sp³-hybridized carbons (Fsp3) is 1.00. The van der Waals surface area contributed by atoms with E-state index < -0.39 is 0 Å². The molecule has 10 atom stereocenters. The first-order chi connectivity index (χ1) is 9.90. The van der Waals surface area contributed by atoms with Crippen molar-refractivity contribution in [3.05, 3.63) is 0 Å². The van der Waals surface area contributed by atoms with Gasteiger partial charge in [-0.1, -0.05) is 0 Å². The smallest absolute Gasteiger partial charge is 0.0326 e. The molecule has 0 unspecified atom stereocenters. The van der Waals surface area contributed by atoms with Gasteiger partial charge in [0.05, 0.1) is 0 Å². The molecule has 0 aliphatic heterocycles. The van der Waals surface area contributed by atoms with Gasteiger partial charge in [-0.25, -0.2) is 0 Å². The zero-order valence-electron chi connectivity index (χ0n) is 12.8. The normalized spacial score (nSPS) is 66.0. The molecule has 0 heteroatoms. The predicted octanol–water partition coefficient (Wildman–Crippen LogP) is 5.13. The Bertz CT molecular complexity index is 386. The summed E-state index contributed by atoms with van der Waals surface area (Å²) in [6.45, 7) is 0. The van der Waals surface area contributed by atoms with Crippen molar-refractivity contribution in [3.8, 4) is 0 Å². The van der Waals surface area contributed by atoms with Gasteiger partial charge >= 0.3 is 0 Å². The molecule has 0 nitrogen and oxygen atoms in total. The Hall–Kier alpha value is 0. The molecule has 110 valence electrons. The first-order valence-corrected chi connectivity index (χ1v) is 9.90. The Morgan fingerprint density at radius 3 is 1.25 bits per heavy atom. The number of rotatable bonds is 1. The summed E-state index contributed by atoms with van der Waals surface area (Å²) in [5.41, 5.74) is 0. The molecular weight excluding hydrogens is 240 g/mol. The van der Waals surface area contributed by atoms with Crippen LogP contribution in [0.15, 0.2) is 0 Å². The average molecular weight is 270 g/mol. The van der Waals surface area contributed by atoms with Crippen LogP contribution in [-0.4, -0.2) is 0 Å². The van der Waals surface area contributed by atoms with Crippen molar-refractivity contribution in [1.29, 1.82) is 0 Å². The summed E-state index contributed by atoms with van der Waals surface area (Å²) in [5.74, 6) is 12.0. The molecule has 0 saturated heterocycles. The van der Waals surface area contributed by atoms with Gasteiger partial charge in [-0.15, -0.1) is 0 Å². The lowest BCUT2D eigenvalue weighted by Crippen LogP contribution is -2.24. The van der Waals surface area contributed by atoms with Crippen molar-refractivity contribution in [2.45, 2.75) is 64.2 Å². The van der Waals surface area contributed by atoms with E-state index in [0.29, 0.717) is 0 Å². The molecule has 0 heterocycles. The second kappa shape index (κ2) is 3.85. The van der Waals surface area contributed by atoms with E-state index in [1.165, 1.54) is 59.2 Å². The van der Waals surface area contributed by atoms with Gasteiger partial charge in [0.1, 0.15) is 0 Å². The number of hydrogen-bond donors (Lipinski definition) is 0. The molecule has 6 saturated carbocycles. The largest absolute Gasteiger partial charge is 0.0499 e. The van der Waals surface area contributed by atoms with Gasteiger partial charge < -0.3 is 0 Å². The van der Waals surface area contributed by atoms with Crippen molar-refractivity contribution in [2.75, 3.05) is 0 Å². The van der Waals surface area contributed by atoms with Crippen LogP contribution in [0.1, 0.15) is 64.2 Å². The van der Waals surface area contributed by atoms with E-state index in [2.05, 4.69) is 0 Å². The Morgan fingerprint density at radius 1 is 0.350 bits per heavy atom. The van der Waals surface area contributed by atoms with Gasteiger partial charge in [0.15, 0.2) is 0 Å². The van der Waals surface area contributed by atoms with E-state index in [0.717, 1.165) is 0 Å². The highest BCUT2D eigenvalue weighted by Crippen LogP contribution is 2.68. The zero-order chi connectivity index (χ0) is 12.8. The van der Waals surface area contributed by atoms with E-state index in [-0.39, 0.29) is 0 Å². The van der Waals surface area contributed by atoms with Gasteiger partial charge in [-0.3, -0.25) is 0 Å². The minimum atomic E-state index is 1.19. The molecule has 0 N–H and O–H groups in total. The lowest BCUT2D eigenvalue weighted by atomic mass is 9.75. The predicted molar refractivity (Wildman–Crippen MR) is 81.1 cm³/mol. The molecule has 0 bridgehead atoms. The van der Waals surface area contributed by atoms with Crippen molar-refractivity contribution in [3.63, 3.8) is 0 Å². The molecule has 6 aliphatic carbocycles. The third-order valence-electron chi connectivity index (χ3n) is 9.52. The van der Waals surface area contributed by atoms with Crippen LogP contribution in [-0.2, 0) is 0 Å². The molecule has 0 amide bonds. The second-order valence-corrected chi connectivity index (χ2v) is 9.63. The summed E-state index contributed by atoms with van der Waals surface area (Å²) in [7, 11) is 0. The zero-order valence-corrected chi connectivity index (χ0v) is 12.8. The van der Waals surface area contributed by atoms with E-state index in [4.69, 9.17) is 0 Å². The average Bonchev–Trinajstić information content (AvgIpc) is 3.18. The minimum Gasteiger partial charge on any atom is -0.0499 e. The van der Waals surface area contributed by atoms with Crippen LogP contribution in [0.2, 0.25) is 0 Å². The summed E-state index contributed by atoms with van der Waals surface area (Å²) < 4.78 is 0. The summed E-state index contributed by atoms with van der Waals surface area (Å²) >= 11 is 0. The van der Waals surface area contributed by atoms with Crippen LogP contribution >= 0.6 is 0 Å². The van der Waals surface area contributed by atoms with Crippen LogP contribution in [0, 0.1) is 59.2 Å². The monoisotopic (exact) mass is 270 g/mol. The lowest BCUT2D eigenvalue weighted by Gasteiger charge is -2.30. The molecule has 0 aromatic rings. The first-order valence-electron chi connectivity index (χ1n) is 9.90. The first kappa shape index (κ1) is 11.6. The van der Waals surface area contributed by atoms with Crippen LogP contribution in [0.5, 0.6) is 0 Å². The lowest BCUT2D eigenvalue weighted by molar-refractivity contribution is 0.182. The standard InChI is InChI=1S/C20H30/c1-3-13-9-17(15-7-5-11(1)19(13)15)18-10-14-4-2-12-6-8-16(18)20(12)14/h11-20H,1-10H2/t11-,12-,13-,14+,15-,16+,17+,18+,19-,20-/m1/s1. The highest BCUT2D eigenvalue weighted by Gasteiger charge is 2.60. The fourth-order valence-corrected chi connectivity index (χ4v) is 9.25. The van der Waals surface area contributed by atoms with Gasteiger partial charge in [-0.2, -0.15) is 0 Å². The van der Waals surface area contributed by atoms with Crippen LogP contribution < -0.4 is 0 Å². The second-order valence-electron chi connectivity index (χ2n) is 9.63. The van der Waals surface area contributed by atoms with Crippen LogP contribution in [0.4, 0.5) is 0 Å². The summed E-state index contributed by atoms with van der Waals surface area (Å²) in [5, 5.41) is 0. The van der Waals surface area contributed by atoms with Crippen molar-refractivity contribution >= 4 is 0 Å². The highest BCUT2D eigenvalue weighted by atomic mass is 14.7. The van der Waals surface area contributed by atoms with Crippen molar-refractivity contribution < 1.29 is 0 Å². The Kier molecular flexibility index (Phi) is 2.22. The van der Waals surface area contributed by atoms with Crippen LogP contribution in [0.25, 0.3) is 0 Å². The SMILES string of the molecule is C1C[C@@H]2C[C@H]([C@H]3C[C@@H]4CC[C@@H]5CC[C@@H]3[C@H]54)[C@H]3CC[C@@H]1[C@H]23. The quantitative estimate of drug-likeness (QED) is 0.619. The van der Waals surface area contributed by atoms with E-state index in [1.54, 1.807) is 64.2 Å². The topological polar surface area (TPSA) is 0 Å².